The lowest BCUT2D eigenvalue weighted by molar-refractivity contribution is -0.135. The summed E-state index contributed by atoms with van der Waals surface area (Å²) in [6.07, 6.45) is 6.08. The quantitative estimate of drug-likeness (QED) is 0.182. The van der Waals surface area contributed by atoms with Crippen LogP contribution >= 0.6 is 0 Å². The number of alkyl carbamates (subject to hydrolysis) is 1. The first-order chi connectivity index (χ1) is 25.9. The van der Waals surface area contributed by atoms with Crippen LogP contribution < -0.4 is 10.1 Å². The molecule has 2 saturated heterocycles. The Hall–Kier alpha value is -5.59. The molecular weight excluding hydrogens is 686 g/mol. The van der Waals surface area contributed by atoms with Crippen LogP contribution in [-0.2, 0) is 20.9 Å². The Morgan fingerprint density at radius 3 is 2.52 bits per heavy atom. The van der Waals surface area contributed by atoms with E-state index in [1.807, 2.05) is 56.3 Å². The molecule has 54 heavy (non-hydrogen) atoms. The van der Waals surface area contributed by atoms with Crippen molar-refractivity contribution < 1.29 is 28.6 Å². The van der Waals surface area contributed by atoms with Gasteiger partial charge in [-0.15, -0.1) is 0 Å². The Labute approximate surface area is 314 Å². The molecule has 3 aliphatic heterocycles. The number of fused-ring (bicyclic) bond motifs is 6. The van der Waals surface area contributed by atoms with Crippen LogP contribution in [0, 0.1) is 5.92 Å². The van der Waals surface area contributed by atoms with Crippen LogP contribution in [0.3, 0.4) is 0 Å². The van der Waals surface area contributed by atoms with Crippen LogP contribution in [0.25, 0.3) is 38.6 Å². The van der Waals surface area contributed by atoms with E-state index in [0.717, 1.165) is 87.3 Å². The minimum atomic E-state index is -0.702. The fourth-order valence-corrected chi connectivity index (χ4v) is 8.15. The summed E-state index contributed by atoms with van der Waals surface area (Å²) < 4.78 is 19.0. The van der Waals surface area contributed by atoms with Crippen molar-refractivity contribution in [1.82, 2.24) is 34.6 Å². The predicted octanol–water partition coefficient (Wildman–Crippen LogP) is 7.58. The van der Waals surface area contributed by atoms with Crippen LogP contribution in [0.1, 0.15) is 89.6 Å². The molecule has 5 heterocycles. The molecule has 13 nitrogen and oxygen atoms in total. The molecule has 8 rings (SSSR count). The number of carbonyl (C=O) groups excluding carboxylic acids is 3. The monoisotopic (exact) mass is 733 g/mol. The predicted molar refractivity (Wildman–Crippen MR) is 203 cm³/mol. The highest BCUT2D eigenvalue weighted by Gasteiger charge is 2.39. The van der Waals surface area contributed by atoms with Gasteiger partial charge in [0.1, 0.15) is 35.6 Å². The van der Waals surface area contributed by atoms with E-state index in [1.54, 1.807) is 11.1 Å². The number of likely N-dealkylation sites (tertiary alicyclic amines) is 2. The highest BCUT2D eigenvalue weighted by atomic mass is 16.6. The van der Waals surface area contributed by atoms with Gasteiger partial charge < -0.3 is 34.0 Å². The number of hydrogen-bond acceptors (Lipinski definition) is 8. The van der Waals surface area contributed by atoms with Gasteiger partial charge in [-0.3, -0.25) is 9.69 Å². The molecule has 13 heteroatoms. The van der Waals surface area contributed by atoms with Gasteiger partial charge >= 0.3 is 12.2 Å². The van der Waals surface area contributed by atoms with Crippen molar-refractivity contribution in [2.75, 3.05) is 20.2 Å². The van der Waals surface area contributed by atoms with E-state index in [9.17, 15) is 14.4 Å². The number of methoxy groups -OCH3 is 1. The smallest absolute Gasteiger partial charge is 0.410 e. The number of nitrogens with one attached hydrogen (secondary N) is 2. The first kappa shape index (κ1) is 35.4. The topological polar surface area (TPSA) is 144 Å². The summed E-state index contributed by atoms with van der Waals surface area (Å²) in [5.74, 6) is 2.08. The number of imidazole rings is 2. The summed E-state index contributed by atoms with van der Waals surface area (Å²) >= 11 is 0. The average Bonchev–Trinajstić information content (AvgIpc) is 3.97. The van der Waals surface area contributed by atoms with Crippen molar-refractivity contribution in [1.29, 1.82) is 0 Å². The Morgan fingerprint density at radius 2 is 1.76 bits per heavy atom. The van der Waals surface area contributed by atoms with Crippen LogP contribution in [0.15, 0.2) is 54.9 Å². The summed E-state index contributed by atoms with van der Waals surface area (Å²) in [6, 6.07) is 13.6. The molecule has 2 N–H and O–H groups in total. The molecule has 3 atom stereocenters. The van der Waals surface area contributed by atoms with E-state index in [0.29, 0.717) is 19.7 Å². The zero-order valence-electron chi connectivity index (χ0n) is 31.6. The highest BCUT2D eigenvalue weighted by molar-refractivity contribution is 6.07. The Bertz CT molecular complexity index is 2270. The van der Waals surface area contributed by atoms with Gasteiger partial charge in [0.05, 0.1) is 30.2 Å². The molecule has 0 spiro atoms. The van der Waals surface area contributed by atoms with Crippen LogP contribution in [0.2, 0.25) is 0 Å². The fourth-order valence-electron chi connectivity index (χ4n) is 8.15. The SMILES string of the molecule is COC(=O)N[C@H](C(=O)N1CCCC1c1nccn1-c1ccc2c(c1)COc1cc3c(ccc4nc(C5CCCN5C(=O)OC(C)(C)C)[nH]c43)cc1-2)C(C)C. The van der Waals surface area contributed by atoms with E-state index in [-0.39, 0.29) is 30.0 Å². The van der Waals surface area contributed by atoms with Gasteiger partial charge in [-0.05, 0) is 99.2 Å². The Kier molecular flexibility index (Phi) is 8.98. The lowest BCUT2D eigenvalue weighted by Crippen LogP contribution is -2.51. The number of carbonyl (C=O) groups is 3. The van der Waals surface area contributed by atoms with E-state index in [1.165, 1.54) is 7.11 Å². The summed E-state index contributed by atoms with van der Waals surface area (Å²) in [6.45, 7) is 11.1. The van der Waals surface area contributed by atoms with E-state index < -0.39 is 17.7 Å². The van der Waals surface area contributed by atoms with Crippen molar-refractivity contribution in [3.8, 4) is 22.6 Å². The molecule has 3 amide bonds. The molecule has 2 unspecified atom stereocenters. The number of amides is 3. The summed E-state index contributed by atoms with van der Waals surface area (Å²) in [5, 5.41) is 4.78. The van der Waals surface area contributed by atoms with Gasteiger partial charge in [0.15, 0.2) is 0 Å². The molecule has 5 aromatic rings. The summed E-state index contributed by atoms with van der Waals surface area (Å²) in [5.41, 5.74) is 5.27. The molecule has 0 radical (unpaired) electrons. The minimum Gasteiger partial charge on any atom is -0.488 e. The number of rotatable bonds is 6. The van der Waals surface area contributed by atoms with Gasteiger partial charge in [0.25, 0.3) is 0 Å². The number of aromatic nitrogens is 4. The second-order valence-electron chi connectivity index (χ2n) is 15.8. The highest BCUT2D eigenvalue weighted by Crippen LogP contribution is 2.43. The van der Waals surface area contributed by atoms with Gasteiger partial charge in [-0.1, -0.05) is 26.0 Å². The summed E-state index contributed by atoms with van der Waals surface area (Å²) in [4.78, 5) is 55.7. The molecule has 0 saturated carbocycles. The van der Waals surface area contributed by atoms with E-state index in [4.69, 9.17) is 24.2 Å². The van der Waals surface area contributed by atoms with E-state index in [2.05, 4.69) is 46.7 Å². The zero-order chi connectivity index (χ0) is 37.9. The fraction of sp³-hybridized carbons (Fsp3) is 0.439. The maximum absolute atomic E-state index is 13.8. The third-order valence-corrected chi connectivity index (χ3v) is 10.7. The molecule has 2 aromatic heterocycles. The van der Waals surface area contributed by atoms with Crippen LogP contribution in [-0.4, -0.2) is 79.3 Å². The number of benzene rings is 3. The first-order valence-corrected chi connectivity index (χ1v) is 18.8. The van der Waals surface area contributed by atoms with Crippen molar-refractivity contribution in [3.05, 3.63) is 72.1 Å². The molecule has 3 aromatic carbocycles. The van der Waals surface area contributed by atoms with Gasteiger partial charge in [0.2, 0.25) is 5.91 Å². The normalized spacial score (nSPS) is 18.8. The average molecular weight is 734 g/mol. The summed E-state index contributed by atoms with van der Waals surface area (Å²) in [7, 11) is 1.30. The van der Waals surface area contributed by atoms with Gasteiger partial charge in [0, 0.05) is 42.1 Å². The number of aromatic amines is 1. The molecule has 3 aliphatic rings. The lowest BCUT2D eigenvalue weighted by Gasteiger charge is -2.31. The van der Waals surface area contributed by atoms with E-state index >= 15 is 0 Å². The minimum absolute atomic E-state index is 0.116. The number of ether oxygens (including phenoxy) is 3. The lowest BCUT2D eigenvalue weighted by atomic mass is 9.93. The number of nitrogens with zero attached hydrogens (tertiary/aromatic N) is 5. The van der Waals surface area contributed by atoms with Crippen LogP contribution in [0.4, 0.5) is 9.59 Å². The third kappa shape index (κ3) is 6.39. The van der Waals surface area contributed by atoms with Crippen molar-refractivity contribution >= 4 is 39.9 Å². The zero-order valence-corrected chi connectivity index (χ0v) is 31.6. The molecule has 0 aliphatic carbocycles. The third-order valence-electron chi connectivity index (χ3n) is 10.7. The standard InChI is InChI=1S/C41H47N7O6/c1-23(2)34(45-39(50)52-6)38(49)47-16-8-10-32(47)37-42-15-18-46(37)26-12-13-27-25(19-26)22-53-33-21-28-24(20-29(27)33)11-14-30-35(28)44-36(43-30)31-9-7-17-48(31)40(51)54-41(3,4)5/h11-15,18-21,23,31-32,34H,7-10,16-17,22H2,1-6H3,(H,43,44)(H,45,50)/t31?,32?,34-/m0/s1. The van der Waals surface area contributed by atoms with Gasteiger partial charge in [-0.25, -0.2) is 19.6 Å². The van der Waals surface area contributed by atoms with Crippen molar-refractivity contribution in [3.63, 3.8) is 0 Å². The maximum atomic E-state index is 13.8. The largest absolute Gasteiger partial charge is 0.488 e. The first-order valence-electron chi connectivity index (χ1n) is 18.8. The Balaban J connectivity index is 1.07. The maximum Gasteiger partial charge on any atom is 0.410 e. The van der Waals surface area contributed by atoms with Crippen molar-refractivity contribution in [2.24, 2.45) is 5.92 Å². The molecular formula is C41H47N7O6. The molecule has 282 valence electrons. The molecule has 2 fully saturated rings. The second kappa shape index (κ2) is 13.7. The Morgan fingerprint density at radius 1 is 0.981 bits per heavy atom. The number of H-pyrrole nitrogens is 1. The van der Waals surface area contributed by atoms with Gasteiger partial charge in [-0.2, -0.15) is 0 Å². The van der Waals surface area contributed by atoms with Crippen molar-refractivity contribution in [2.45, 2.75) is 90.6 Å². The van der Waals surface area contributed by atoms with Crippen LogP contribution in [0.5, 0.6) is 5.75 Å². The number of hydrogen-bond donors (Lipinski definition) is 2. The molecule has 0 bridgehead atoms. The second-order valence-corrected chi connectivity index (χ2v) is 15.8.